The molecule has 0 N–H and O–H groups in total. The number of imide groups is 1. The van der Waals surface area contributed by atoms with Crippen LogP contribution < -0.4 is 9.64 Å². The molecule has 1 aliphatic heterocycles. The number of halogens is 1. The number of hydrogen-bond acceptors (Lipinski definition) is 6. The van der Waals surface area contributed by atoms with Gasteiger partial charge in [0.2, 0.25) is 15.9 Å². The summed E-state index contributed by atoms with van der Waals surface area (Å²) in [7, 11) is -2.58. The molecule has 0 aliphatic carbocycles. The van der Waals surface area contributed by atoms with Crippen LogP contribution in [0.4, 0.5) is 5.69 Å². The van der Waals surface area contributed by atoms with Crippen molar-refractivity contribution in [3.05, 3.63) is 75.4 Å². The molecule has 1 saturated heterocycles. The molecule has 166 valence electrons. The largest absolute Gasteiger partial charge is 0.497 e. The number of carbonyl (C=O) groups excluding carboxylic acids is 2. The second-order valence-electron chi connectivity index (χ2n) is 7.07. The lowest BCUT2D eigenvalue weighted by molar-refractivity contribution is -0.122. The van der Waals surface area contributed by atoms with Crippen molar-refractivity contribution in [2.45, 2.75) is 23.9 Å². The highest BCUT2D eigenvalue weighted by molar-refractivity contribution is 9.10. The summed E-state index contributed by atoms with van der Waals surface area (Å²) in [5, 5.41) is 1.84. The molecule has 32 heavy (non-hydrogen) atoms. The summed E-state index contributed by atoms with van der Waals surface area (Å²) in [5.41, 5.74) is 0.406. The molecule has 0 bridgehead atoms. The number of benzene rings is 2. The van der Waals surface area contributed by atoms with Crippen molar-refractivity contribution >= 4 is 54.8 Å². The zero-order valence-corrected chi connectivity index (χ0v) is 20.2. The third-order valence-corrected chi connectivity index (χ3v) is 8.37. The standard InChI is InChI=1S/C22H19BrN2O5S2/c1-30-17-8-10-19(11-9-17)32(28,29)24(14-18-3-2-12-31-18)20-13-21(26)25(22(20)27)16-6-4-15(23)5-7-16/h2-12,20H,13-14H2,1H3. The molecule has 2 aromatic carbocycles. The Hall–Kier alpha value is -2.53. The molecule has 0 radical (unpaired) electrons. The summed E-state index contributed by atoms with van der Waals surface area (Å²) in [6.45, 7) is -0.0100. The fourth-order valence-corrected chi connectivity index (χ4v) is 6.11. The van der Waals surface area contributed by atoms with Gasteiger partial charge in [-0.05, 0) is 60.0 Å². The van der Waals surface area contributed by atoms with Gasteiger partial charge in [0.15, 0.2) is 0 Å². The van der Waals surface area contributed by atoms with Crippen molar-refractivity contribution < 1.29 is 22.7 Å². The van der Waals surface area contributed by atoms with Crippen LogP contribution in [0.5, 0.6) is 5.75 Å². The lowest BCUT2D eigenvalue weighted by atomic mass is 10.2. The Morgan fingerprint density at radius 3 is 2.38 bits per heavy atom. The van der Waals surface area contributed by atoms with E-state index in [-0.39, 0.29) is 17.9 Å². The van der Waals surface area contributed by atoms with E-state index in [1.807, 2.05) is 11.4 Å². The maximum absolute atomic E-state index is 13.6. The van der Waals surface area contributed by atoms with E-state index in [2.05, 4.69) is 15.9 Å². The van der Waals surface area contributed by atoms with Crippen LogP contribution in [0.3, 0.4) is 0 Å². The number of amides is 2. The van der Waals surface area contributed by atoms with Crippen LogP contribution in [0, 0.1) is 0 Å². The third-order valence-electron chi connectivity index (χ3n) is 5.11. The lowest BCUT2D eigenvalue weighted by Crippen LogP contribution is -2.44. The number of anilines is 1. The van der Waals surface area contributed by atoms with E-state index in [0.29, 0.717) is 11.4 Å². The van der Waals surface area contributed by atoms with Crippen molar-refractivity contribution in [3.8, 4) is 5.75 Å². The maximum atomic E-state index is 13.6. The van der Waals surface area contributed by atoms with Crippen molar-refractivity contribution in [1.29, 1.82) is 0 Å². The third kappa shape index (κ3) is 4.36. The van der Waals surface area contributed by atoms with Crippen LogP contribution >= 0.6 is 27.3 Å². The molecule has 1 aliphatic rings. The van der Waals surface area contributed by atoms with Crippen LogP contribution in [-0.4, -0.2) is 37.7 Å². The fraction of sp³-hybridized carbons (Fsp3) is 0.182. The Labute approximate surface area is 198 Å². The van der Waals surface area contributed by atoms with E-state index in [0.717, 1.165) is 18.6 Å². The van der Waals surface area contributed by atoms with E-state index < -0.39 is 27.9 Å². The Bertz CT molecular complexity index is 1230. The van der Waals surface area contributed by atoms with E-state index >= 15 is 0 Å². The molecule has 4 rings (SSSR count). The Kier molecular flexibility index (Phi) is 6.47. The number of ether oxygens (including phenoxy) is 1. The molecule has 7 nitrogen and oxygen atoms in total. The molecule has 1 fully saturated rings. The number of thiophene rings is 1. The van der Waals surface area contributed by atoms with Gasteiger partial charge in [0.05, 0.1) is 24.1 Å². The van der Waals surface area contributed by atoms with E-state index in [4.69, 9.17) is 4.74 Å². The van der Waals surface area contributed by atoms with Gasteiger partial charge in [-0.15, -0.1) is 11.3 Å². The first-order chi connectivity index (χ1) is 15.3. The van der Waals surface area contributed by atoms with Gasteiger partial charge >= 0.3 is 0 Å². The van der Waals surface area contributed by atoms with Gasteiger partial charge < -0.3 is 4.74 Å². The molecular weight excluding hydrogens is 516 g/mol. The van der Waals surface area contributed by atoms with Gasteiger partial charge in [-0.2, -0.15) is 4.31 Å². The highest BCUT2D eigenvalue weighted by atomic mass is 79.9. The molecule has 0 spiro atoms. The van der Waals surface area contributed by atoms with Crippen molar-refractivity contribution in [3.63, 3.8) is 0 Å². The summed E-state index contributed by atoms with van der Waals surface area (Å²) in [6.07, 6.45) is -0.227. The zero-order valence-electron chi connectivity index (χ0n) is 17.0. The lowest BCUT2D eigenvalue weighted by Gasteiger charge is -2.26. The molecule has 2 heterocycles. The topological polar surface area (TPSA) is 84.0 Å². The van der Waals surface area contributed by atoms with Crippen LogP contribution in [0.1, 0.15) is 11.3 Å². The van der Waals surface area contributed by atoms with Crippen molar-refractivity contribution in [2.75, 3.05) is 12.0 Å². The average Bonchev–Trinajstić information content (AvgIpc) is 3.40. The normalized spacial score (nSPS) is 16.7. The Morgan fingerprint density at radius 1 is 1.09 bits per heavy atom. The van der Waals surface area contributed by atoms with Crippen molar-refractivity contribution in [1.82, 2.24) is 4.31 Å². The zero-order chi connectivity index (χ0) is 22.9. The number of carbonyl (C=O) groups is 2. The van der Waals surface area contributed by atoms with Gasteiger partial charge in [0.1, 0.15) is 11.8 Å². The van der Waals surface area contributed by atoms with E-state index in [9.17, 15) is 18.0 Å². The summed E-state index contributed by atoms with van der Waals surface area (Å²) in [4.78, 5) is 28.0. The van der Waals surface area contributed by atoms with Crippen LogP contribution in [0.15, 0.2) is 75.4 Å². The first-order valence-corrected chi connectivity index (χ1v) is 12.7. The molecule has 3 aromatic rings. The van der Waals surface area contributed by atoms with Crippen LogP contribution in [-0.2, 0) is 26.2 Å². The molecule has 1 unspecified atom stereocenters. The van der Waals surface area contributed by atoms with Gasteiger partial charge in [0.25, 0.3) is 5.91 Å². The highest BCUT2D eigenvalue weighted by Crippen LogP contribution is 2.32. The summed E-state index contributed by atoms with van der Waals surface area (Å²) in [6, 6.07) is 15.2. The molecular formula is C22H19BrN2O5S2. The van der Waals surface area contributed by atoms with E-state index in [1.165, 1.54) is 30.6 Å². The maximum Gasteiger partial charge on any atom is 0.252 e. The Balaban J connectivity index is 1.72. The minimum atomic E-state index is -4.08. The molecule has 2 amide bonds. The van der Waals surface area contributed by atoms with Crippen LogP contribution in [0.2, 0.25) is 0 Å². The number of methoxy groups -OCH3 is 1. The predicted molar refractivity (Wildman–Crippen MR) is 125 cm³/mol. The summed E-state index contributed by atoms with van der Waals surface area (Å²) in [5.74, 6) is -0.489. The monoisotopic (exact) mass is 534 g/mol. The minimum absolute atomic E-state index is 0.0100. The highest BCUT2D eigenvalue weighted by Gasteiger charge is 2.47. The Morgan fingerprint density at radius 2 is 1.78 bits per heavy atom. The quantitative estimate of drug-likeness (QED) is 0.427. The van der Waals surface area contributed by atoms with Crippen LogP contribution in [0.25, 0.3) is 0 Å². The SMILES string of the molecule is COc1ccc(S(=O)(=O)N(Cc2cccs2)C2CC(=O)N(c3ccc(Br)cc3)C2=O)cc1. The van der Waals surface area contributed by atoms with Gasteiger partial charge in [-0.1, -0.05) is 22.0 Å². The molecule has 1 atom stereocenters. The summed E-state index contributed by atoms with van der Waals surface area (Å²) >= 11 is 4.72. The number of nitrogens with zero attached hydrogens (tertiary/aromatic N) is 2. The minimum Gasteiger partial charge on any atom is -0.497 e. The van der Waals surface area contributed by atoms with Gasteiger partial charge in [-0.25, -0.2) is 13.3 Å². The van der Waals surface area contributed by atoms with E-state index in [1.54, 1.807) is 42.5 Å². The first kappa shape index (κ1) is 22.7. The number of sulfonamides is 1. The second-order valence-corrected chi connectivity index (χ2v) is 10.9. The second kappa shape index (κ2) is 9.14. The smallest absolute Gasteiger partial charge is 0.252 e. The number of rotatable bonds is 7. The molecule has 10 heteroatoms. The van der Waals surface area contributed by atoms with Crippen molar-refractivity contribution in [2.24, 2.45) is 0 Å². The predicted octanol–water partition coefficient (Wildman–Crippen LogP) is 4.04. The van der Waals surface area contributed by atoms with Gasteiger partial charge in [-0.3, -0.25) is 9.59 Å². The van der Waals surface area contributed by atoms with Gasteiger partial charge in [0, 0.05) is 15.9 Å². The average molecular weight is 535 g/mol. The fourth-order valence-electron chi connectivity index (χ4n) is 3.50. The molecule has 0 saturated carbocycles. The summed E-state index contributed by atoms with van der Waals surface area (Å²) < 4.78 is 34.2. The molecule has 1 aromatic heterocycles. The first-order valence-electron chi connectivity index (χ1n) is 9.62. The number of hydrogen-bond donors (Lipinski definition) is 0.